The molecule has 0 aromatic heterocycles. The van der Waals surface area contributed by atoms with Gasteiger partial charge in [0.2, 0.25) is 5.91 Å². The lowest BCUT2D eigenvalue weighted by molar-refractivity contribution is -0.123. The monoisotopic (exact) mass is 208 g/mol. The Bertz CT molecular complexity index is 258. The second-order valence-corrected chi connectivity index (χ2v) is 4.77. The molecule has 15 heavy (non-hydrogen) atoms. The first-order valence-electron chi connectivity index (χ1n) is 5.97. The van der Waals surface area contributed by atoms with Gasteiger partial charge in [-0.1, -0.05) is 25.0 Å². The summed E-state index contributed by atoms with van der Waals surface area (Å²) in [7, 11) is 0. The van der Waals surface area contributed by atoms with Crippen LogP contribution in [0.1, 0.15) is 32.1 Å². The minimum absolute atomic E-state index is 0.0147. The summed E-state index contributed by atoms with van der Waals surface area (Å²) in [5.74, 6) is 1.12. The maximum atomic E-state index is 11.6. The standard InChI is InChI=1S/C12H20N2O/c13-11-6-5-10(8-11)12(15)14-7-1-2-9-3-4-9/h5-6,9-11H,1-4,7-8,13H2,(H,14,15). The van der Waals surface area contributed by atoms with Crippen molar-refractivity contribution >= 4 is 5.91 Å². The zero-order valence-electron chi connectivity index (χ0n) is 9.11. The molecule has 1 fully saturated rings. The number of rotatable bonds is 5. The summed E-state index contributed by atoms with van der Waals surface area (Å²) in [6.45, 7) is 0.828. The highest BCUT2D eigenvalue weighted by molar-refractivity contribution is 5.81. The van der Waals surface area contributed by atoms with Crippen LogP contribution in [-0.2, 0) is 4.79 Å². The molecule has 0 radical (unpaired) electrons. The van der Waals surface area contributed by atoms with Gasteiger partial charge in [0.25, 0.3) is 0 Å². The maximum Gasteiger partial charge on any atom is 0.226 e. The number of nitrogens with two attached hydrogens (primary N) is 1. The quantitative estimate of drug-likeness (QED) is 0.527. The average molecular weight is 208 g/mol. The first kappa shape index (κ1) is 10.7. The molecule has 2 rings (SSSR count). The summed E-state index contributed by atoms with van der Waals surface area (Å²) < 4.78 is 0. The largest absolute Gasteiger partial charge is 0.356 e. The number of amides is 1. The summed E-state index contributed by atoms with van der Waals surface area (Å²) in [5.41, 5.74) is 5.70. The molecule has 0 heterocycles. The Morgan fingerprint density at radius 3 is 2.80 bits per heavy atom. The Hall–Kier alpha value is -0.830. The molecule has 0 aromatic rings. The van der Waals surface area contributed by atoms with Gasteiger partial charge in [-0.15, -0.1) is 0 Å². The summed E-state index contributed by atoms with van der Waals surface area (Å²) >= 11 is 0. The molecule has 2 atom stereocenters. The van der Waals surface area contributed by atoms with Gasteiger partial charge in [0.15, 0.2) is 0 Å². The van der Waals surface area contributed by atoms with E-state index in [4.69, 9.17) is 5.73 Å². The lowest BCUT2D eigenvalue weighted by atomic mass is 10.1. The van der Waals surface area contributed by atoms with Gasteiger partial charge in [-0.2, -0.15) is 0 Å². The highest BCUT2D eigenvalue weighted by Crippen LogP contribution is 2.33. The smallest absolute Gasteiger partial charge is 0.226 e. The Labute approximate surface area is 91.1 Å². The average Bonchev–Trinajstić information content (AvgIpc) is 2.94. The summed E-state index contributed by atoms with van der Waals surface area (Å²) in [6, 6.07) is 0.0761. The molecule has 2 aliphatic carbocycles. The summed E-state index contributed by atoms with van der Waals surface area (Å²) in [5, 5.41) is 2.98. The first-order valence-corrected chi connectivity index (χ1v) is 5.97. The second kappa shape index (κ2) is 4.79. The van der Waals surface area contributed by atoms with Crippen molar-refractivity contribution in [3.63, 3.8) is 0 Å². The normalized spacial score (nSPS) is 29.4. The number of nitrogens with one attached hydrogen (secondary N) is 1. The Morgan fingerprint density at radius 1 is 1.40 bits per heavy atom. The van der Waals surface area contributed by atoms with Crippen LogP contribution in [0.4, 0.5) is 0 Å². The van der Waals surface area contributed by atoms with Crippen molar-refractivity contribution in [2.24, 2.45) is 17.6 Å². The van der Waals surface area contributed by atoms with E-state index in [2.05, 4.69) is 5.32 Å². The van der Waals surface area contributed by atoms with E-state index in [0.717, 1.165) is 25.3 Å². The van der Waals surface area contributed by atoms with Crippen molar-refractivity contribution in [2.45, 2.75) is 38.1 Å². The molecule has 0 spiro atoms. The van der Waals surface area contributed by atoms with Gasteiger partial charge in [0.1, 0.15) is 0 Å². The van der Waals surface area contributed by atoms with E-state index in [0.29, 0.717) is 0 Å². The van der Waals surface area contributed by atoms with Gasteiger partial charge < -0.3 is 11.1 Å². The van der Waals surface area contributed by atoms with Gasteiger partial charge in [-0.25, -0.2) is 0 Å². The van der Waals surface area contributed by atoms with Crippen LogP contribution in [0.15, 0.2) is 12.2 Å². The summed E-state index contributed by atoms with van der Waals surface area (Å²) in [6.07, 6.45) is 9.82. The molecule has 0 saturated heterocycles. The Balaban J connectivity index is 1.57. The zero-order chi connectivity index (χ0) is 10.7. The molecule has 0 bridgehead atoms. The first-order chi connectivity index (χ1) is 7.25. The molecular weight excluding hydrogens is 188 g/mol. The third kappa shape index (κ3) is 3.34. The minimum atomic E-state index is 0.0147. The van der Waals surface area contributed by atoms with Gasteiger partial charge >= 0.3 is 0 Å². The fourth-order valence-corrected chi connectivity index (χ4v) is 2.06. The van der Waals surface area contributed by atoms with Crippen molar-refractivity contribution in [1.82, 2.24) is 5.32 Å². The van der Waals surface area contributed by atoms with Crippen LogP contribution < -0.4 is 11.1 Å². The number of carbonyl (C=O) groups is 1. The molecule has 1 amide bonds. The Morgan fingerprint density at radius 2 is 2.20 bits per heavy atom. The molecule has 3 nitrogen and oxygen atoms in total. The maximum absolute atomic E-state index is 11.6. The second-order valence-electron chi connectivity index (χ2n) is 4.77. The zero-order valence-corrected chi connectivity index (χ0v) is 9.11. The predicted molar refractivity (Wildman–Crippen MR) is 60.2 cm³/mol. The van der Waals surface area contributed by atoms with E-state index < -0.39 is 0 Å². The molecule has 0 aliphatic heterocycles. The molecule has 84 valence electrons. The van der Waals surface area contributed by atoms with Crippen molar-refractivity contribution in [1.29, 1.82) is 0 Å². The Kier molecular flexibility index (Phi) is 3.41. The predicted octanol–water partition coefficient (Wildman–Crippen LogP) is 1.20. The molecule has 2 unspecified atom stereocenters. The minimum Gasteiger partial charge on any atom is -0.356 e. The molecule has 3 heteroatoms. The van der Waals surface area contributed by atoms with Crippen LogP contribution in [0.5, 0.6) is 0 Å². The van der Waals surface area contributed by atoms with E-state index in [9.17, 15) is 4.79 Å². The van der Waals surface area contributed by atoms with Gasteiger partial charge in [0, 0.05) is 12.6 Å². The van der Waals surface area contributed by atoms with Crippen molar-refractivity contribution in [3.8, 4) is 0 Å². The van der Waals surface area contributed by atoms with E-state index in [-0.39, 0.29) is 17.9 Å². The highest BCUT2D eigenvalue weighted by atomic mass is 16.1. The molecule has 2 aliphatic rings. The molecular formula is C12H20N2O. The van der Waals surface area contributed by atoms with Crippen LogP contribution >= 0.6 is 0 Å². The lowest BCUT2D eigenvalue weighted by Crippen LogP contribution is -2.31. The van der Waals surface area contributed by atoms with Gasteiger partial charge in [-0.3, -0.25) is 4.79 Å². The van der Waals surface area contributed by atoms with E-state index >= 15 is 0 Å². The topological polar surface area (TPSA) is 55.1 Å². The number of hydrogen-bond acceptors (Lipinski definition) is 2. The number of hydrogen-bond donors (Lipinski definition) is 2. The SMILES string of the molecule is NC1C=CC(C(=O)NCCCC2CC2)C1. The molecule has 1 saturated carbocycles. The van der Waals surface area contributed by atoms with Crippen LogP contribution in [0.2, 0.25) is 0 Å². The van der Waals surface area contributed by atoms with E-state index in [1.807, 2.05) is 12.2 Å². The fraction of sp³-hybridized carbons (Fsp3) is 0.750. The third-order valence-electron chi connectivity index (χ3n) is 3.24. The van der Waals surface area contributed by atoms with E-state index in [1.165, 1.54) is 19.3 Å². The van der Waals surface area contributed by atoms with Crippen molar-refractivity contribution in [2.75, 3.05) is 6.54 Å². The lowest BCUT2D eigenvalue weighted by Gasteiger charge is -2.10. The molecule has 0 aromatic carbocycles. The van der Waals surface area contributed by atoms with Gasteiger partial charge in [-0.05, 0) is 25.2 Å². The van der Waals surface area contributed by atoms with Crippen molar-refractivity contribution < 1.29 is 4.79 Å². The van der Waals surface area contributed by atoms with Gasteiger partial charge in [0.05, 0.1) is 5.92 Å². The van der Waals surface area contributed by atoms with Crippen LogP contribution in [0, 0.1) is 11.8 Å². The fourth-order valence-electron chi connectivity index (χ4n) is 2.06. The highest BCUT2D eigenvalue weighted by Gasteiger charge is 2.23. The van der Waals surface area contributed by atoms with Crippen molar-refractivity contribution in [3.05, 3.63) is 12.2 Å². The van der Waals surface area contributed by atoms with Crippen LogP contribution in [0.3, 0.4) is 0 Å². The van der Waals surface area contributed by atoms with Crippen LogP contribution in [-0.4, -0.2) is 18.5 Å². The van der Waals surface area contributed by atoms with Crippen LogP contribution in [0.25, 0.3) is 0 Å². The molecule has 3 N–H and O–H groups in total. The third-order valence-corrected chi connectivity index (χ3v) is 3.24. The van der Waals surface area contributed by atoms with E-state index in [1.54, 1.807) is 0 Å². The number of carbonyl (C=O) groups excluding carboxylic acids is 1. The summed E-state index contributed by atoms with van der Waals surface area (Å²) in [4.78, 5) is 11.6.